The zero-order chi connectivity index (χ0) is 29.8. The van der Waals surface area contributed by atoms with Gasteiger partial charge >= 0.3 is 5.97 Å². The summed E-state index contributed by atoms with van der Waals surface area (Å²) in [7, 11) is 1.25. The third-order valence-corrected chi connectivity index (χ3v) is 7.44. The average Bonchev–Trinajstić information content (AvgIpc) is 3.16. The van der Waals surface area contributed by atoms with Crippen LogP contribution < -0.4 is 15.4 Å². The van der Waals surface area contributed by atoms with Crippen molar-refractivity contribution in [2.24, 2.45) is 0 Å². The number of phenolic OH excluding ortho intramolecular Hbond substituents is 2. The Kier molecular flexibility index (Phi) is 8.92. The number of amides is 1. The van der Waals surface area contributed by atoms with E-state index in [1.807, 2.05) is 0 Å². The topological polar surface area (TPSA) is 134 Å². The van der Waals surface area contributed by atoms with Crippen molar-refractivity contribution in [3.05, 3.63) is 87.2 Å². The van der Waals surface area contributed by atoms with Crippen molar-refractivity contribution in [2.75, 3.05) is 20.2 Å². The van der Waals surface area contributed by atoms with Gasteiger partial charge in [-0.1, -0.05) is 12.1 Å². The van der Waals surface area contributed by atoms with Gasteiger partial charge in [-0.15, -0.1) is 0 Å². The second-order valence-electron chi connectivity index (χ2n) is 10.1. The molecule has 3 aromatic rings. The summed E-state index contributed by atoms with van der Waals surface area (Å²) in [4.78, 5) is 39.3. The Morgan fingerprint density at radius 1 is 0.951 bits per heavy atom. The molecule has 3 aromatic carbocycles. The van der Waals surface area contributed by atoms with Crippen LogP contribution in [0.25, 0.3) is 0 Å². The molecule has 0 bridgehead atoms. The first-order chi connectivity index (χ1) is 19.5. The lowest BCUT2D eigenvalue weighted by Gasteiger charge is -2.27. The second-order valence-corrected chi connectivity index (χ2v) is 10.1. The van der Waals surface area contributed by atoms with Gasteiger partial charge in [0.15, 0.2) is 17.3 Å². The van der Waals surface area contributed by atoms with Crippen LogP contribution in [0.4, 0.5) is 4.39 Å². The molecule has 0 spiro atoms. The number of methoxy groups -OCH3 is 1. The highest BCUT2D eigenvalue weighted by Crippen LogP contribution is 2.30. The summed E-state index contributed by atoms with van der Waals surface area (Å²) in [5.41, 5.74) is 2.09. The third kappa shape index (κ3) is 6.17. The van der Waals surface area contributed by atoms with Crippen LogP contribution >= 0.6 is 0 Å². The van der Waals surface area contributed by atoms with Gasteiger partial charge in [-0.3, -0.25) is 9.59 Å². The summed E-state index contributed by atoms with van der Waals surface area (Å²) in [6.07, 6.45) is 0.620. The Balaban J connectivity index is 1.50. The smallest absolute Gasteiger partial charge is 0.338 e. The fraction of sp³-hybridized carbons (Fsp3) is 0.323. The van der Waals surface area contributed by atoms with Gasteiger partial charge < -0.3 is 30.3 Å². The Labute approximate surface area is 237 Å². The van der Waals surface area contributed by atoms with Crippen LogP contribution in [0.15, 0.2) is 42.5 Å². The fourth-order valence-corrected chi connectivity index (χ4v) is 4.98. The van der Waals surface area contributed by atoms with E-state index in [0.717, 1.165) is 6.42 Å². The molecule has 2 atom stereocenters. The van der Waals surface area contributed by atoms with Gasteiger partial charge in [0.25, 0.3) is 5.91 Å². The minimum Gasteiger partial charge on any atom is -0.508 e. The number of carbonyl (C=O) groups excluding carboxylic acids is 3. The number of aryl methyl sites for hydroxylation is 1. The number of halogens is 1. The maximum Gasteiger partial charge on any atom is 0.338 e. The monoisotopic (exact) mass is 564 g/mol. The van der Waals surface area contributed by atoms with Gasteiger partial charge in [0.1, 0.15) is 23.2 Å². The zero-order valence-corrected chi connectivity index (χ0v) is 23.3. The van der Waals surface area contributed by atoms with Crippen molar-refractivity contribution < 1.29 is 38.5 Å². The SMILES string of the molecule is COc1ccc(O)c(C(=O)c2ccc(C(=O)O[C@@H]3CCCNC[C@H]3NC(=O)c3c(C)cc(O)c(C)c3C)cc2)c1F. The highest BCUT2D eigenvalue weighted by Gasteiger charge is 2.30. The van der Waals surface area contributed by atoms with Crippen LogP contribution in [-0.2, 0) is 4.74 Å². The maximum absolute atomic E-state index is 14.7. The van der Waals surface area contributed by atoms with E-state index in [2.05, 4.69) is 10.6 Å². The van der Waals surface area contributed by atoms with Crippen LogP contribution in [0.2, 0.25) is 0 Å². The second kappa shape index (κ2) is 12.4. The molecule has 0 saturated carbocycles. The first-order valence-corrected chi connectivity index (χ1v) is 13.3. The molecule has 1 saturated heterocycles. The summed E-state index contributed by atoms with van der Waals surface area (Å²) in [5.74, 6) is -3.31. The lowest BCUT2D eigenvalue weighted by atomic mass is 9.96. The van der Waals surface area contributed by atoms with E-state index >= 15 is 0 Å². The van der Waals surface area contributed by atoms with E-state index in [1.165, 1.54) is 43.5 Å². The molecule has 4 rings (SSSR count). The number of nitrogens with one attached hydrogen (secondary N) is 2. The fourth-order valence-electron chi connectivity index (χ4n) is 4.98. The summed E-state index contributed by atoms with van der Waals surface area (Å²) in [5, 5.41) is 26.4. The summed E-state index contributed by atoms with van der Waals surface area (Å²) in [6.45, 7) is 6.36. The molecule has 1 amide bonds. The first kappa shape index (κ1) is 29.5. The molecule has 0 radical (unpaired) electrons. The van der Waals surface area contributed by atoms with E-state index in [-0.39, 0.29) is 28.5 Å². The molecular weight excluding hydrogens is 531 g/mol. The van der Waals surface area contributed by atoms with Gasteiger partial charge in [-0.05, 0) is 87.2 Å². The predicted molar refractivity (Wildman–Crippen MR) is 149 cm³/mol. The number of carbonyl (C=O) groups is 3. The molecule has 10 heteroatoms. The summed E-state index contributed by atoms with van der Waals surface area (Å²) < 4.78 is 25.4. The van der Waals surface area contributed by atoms with E-state index in [0.29, 0.717) is 41.8 Å². The number of hydrogen-bond acceptors (Lipinski definition) is 8. The normalized spacial score (nSPS) is 16.9. The molecule has 41 heavy (non-hydrogen) atoms. The van der Waals surface area contributed by atoms with E-state index in [1.54, 1.807) is 26.8 Å². The van der Waals surface area contributed by atoms with Gasteiger partial charge in [-0.25, -0.2) is 9.18 Å². The molecule has 1 aliphatic heterocycles. The minimum absolute atomic E-state index is 0.0581. The van der Waals surface area contributed by atoms with Crippen molar-refractivity contribution in [3.63, 3.8) is 0 Å². The van der Waals surface area contributed by atoms with Crippen molar-refractivity contribution in [3.8, 4) is 17.2 Å². The van der Waals surface area contributed by atoms with Gasteiger partial charge in [0.05, 0.1) is 18.7 Å². The molecular formula is C31H33FN2O7. The molecule has 0 aromatic heterocycles. The van der Waals surface area contributed by atoms with Crippen LogP contribution in [0, 0.1) is 26.6 Å². The molecule has 1 fully saturated rings. The average molecular weight is 565 g/mol. The predicted octanol–water partition coefficient (Wildman–Crippen LogP) is 4.11. The Morgan fingerprint density at radius 3 is 2.32 bits per heavy atom. The van der Waals surface area contributed by atoms with Crippen LogP contribution in [0.5, 0.6) is 17.2 Å². The van der Waals surface area contributed by atoms with E-state index in [4.69, 9.17) is 9.47 Å². The largest absolute Gasteiger partial charge is 0.508 e. The van der Waals surface area contributed by atoms with Crippen LogP contribution in [0.1, 0.15) is 66.2 Å². The maximum atomic E-state index is 14.7. The Morgan fingerprint density at radius 2 is 1.63 bits per heavy atom. The summed E-state index contributed by atoms with van der Waals surface area (Å²) >= 11 is 0. The number of ketones is 1. The van der Waals surface area contributed by atoms with Crippen LogP contribution in [-0.4, -0.2) is 60.2 Å². The van der Waals surface area contributed by atoms with Crippen LogP contribution in [0.3, 0.4) is 0 Å². The number of aromatic hydroxyl groups is 2. The van der Waals surface area contributed by atoms with Gasteiger partial charge in [-0.2, -0.15) is 0 Å². The number of rotatable bonds is 7. The van der Waals surface area contributed by atoms with Crippen molar-refractivity contribution in [1.29, 1.82) is 0 Å². The highest BCUT2D eigenvalue weighted by molar-refractivity contribution is 6.11. The van der Waals surface area contributed by atoms with Gasteiger partial charge in [0, 0.05) is 17.7 Å². The molecule has 0 unspecified atom stereocenters. The molecule has 1 aliphatic rings. The first-order valence-electron chi connectivity index (χ1n) is 13.3. The zero-order valence-electron chi connectivity index (χ0n) is 23.3. The summed E-state index contributed by atoms with van der Waals surface area (Å²) in [6, 6.07) is 8.91. The lowest BCUT2D eigenvalue weighted by molar-refractivity contribution is 0.0191. The molecule has 1 heterocycles. The lowest BCUT2D eigenvalue weighted by Crippen LogP contribution is -2.49. The van der Waals surface area contributed by atoms with Gasteiger partial charge in [0.2, 0.25) is 0 Å². The Bertz CT molecular complexity index is 1490. The number of benzene rings is 3. The van der Waals surface area contributed by atoms with E-state index < -0.39 is 41.0 Å². The van der Waals surface area contributed by atoms with Crippen molar-refractivity contribution in [1.82, 2.24) is 10.6 Å². The molecule has 0 aliphatic carbocycles. The quantitative estimate of drug-likeness (QED) is 0.249. The Hall–Kier alpha value is -4.44. The number of esters is 1. The minimum atomic E-state index is -0.982. The molecule has 9 nitrogen and oxygen atoms in total. The number of hydrogen-bond donors (Lipinski definition) is 4. The standard InChI is InChI=1S/C31H33FN2O7/c1-16-14-23(36)17(2)18(3)26(16)30(38)34-21-15-33-13-5-6-24(21)41-31(39)20-9-7-19(8-10-20)29(37)27-22(35)11-12-25(40-4)28(27)32/h7-12,14,21,24,33,35-36H,5-6,13,15H2,1-4H3,(H,34,38)/t21-,24-/m1/s1. The van der Waals surface area contributed by atoms with E-state index in [9.17, 15) is 29.0 Å². The molecule has 216 valence electrons. The highest BCUT2D eigenvalue weighted by atomic mass is 19.1. The van der Waals surface area contributed by atoms with Crippen molar-refractivity contribution >= 4 is 17.7 Å². The number of phenols is 2. The number of ether oxygens (including phenoxy) is 2. The third-order valence-electron chi connectivity index (χ3n) is 7.44. The van der Waals surface area contributed by atoms with Crippen molar-refractivity contribution in [2.45, 2.75) is 45.8 Å². The molecule has 4 N–H and O–H groups in total.